The van der Waals surface area contributed by atoms with E-state index in [2.05, 4.69) is 31.2 Å². The molecule has 1 heterocycles. The minimum Gasteiger partial charge on any atom is -0.490 e. The van der Waals surface area contributed by atoms with Crippen molar-refractivity contribution in [1.29, 1.82) is 0 Å². The lowest BCUT2D eigenvalue weighted by Gasteiger charge is -2.12. The number of benzene rings is 2. The molecule has 0 amide bonds. The highest BCUT2D eigenvalue weighted by molar-refractivity contribution is 9.10. The third kappa shape index (κ3) is 5.20. The second-order valence-corrected chi connectivity index (χ2v) is 6.80. The molecule has 3 aromatic rings. The van der Waals surface area contributed by atoms with E-state index in [1.165, 1.54) is 17.3 Å². The van der Waals surface area contributed by atoms with E-state index in [0.717, 1.165) is 10.2 Å². The largest absolute Gasteiger partial charge is 0.490 e. The Labute approximate surface area is 168 Å². The molecule has 3 rings (SSSR count). The highest BCUT2D eigenvalue weighted by atomic mass is 79.9. The zero-order valence-electron chi connectivity index (χ0n) is 13.3. The number of aromatic nitrogens is 3. The van der Waals surface area contributed by atoms with Gasteiger partial charge in [0.15, 0.2) is 0 Å². The maximum Gasteiger partial charge on any atom is 0.147 e. The van der Waals surface area contributed by atoms with Crippen LogP contribution >= 0.6 is 39.1 Å². The van der Waals surface area contributed by atoms with Crippen molar-refractivity contribution in [3.05, 3.63) is 69.1 Å². The van der Waals surface area contributed by atoms with Gasteiger partial charge in [-0.2, -0.15) is 5.10 Å². The van der Waals surface area contributed by atoms with Gasteiger partial charge in [-0.15, -0.1) is 10.2 Å². The molecule has 0 spiro atoms. The average molecular weight is 456 g/mol. The van der Waals surface area contributed by atoms with E-state index in [9.17, 15) is 0 Å². The molecule has 2 aromatic carbocycles. The molecule has 0 unspecified atom stereocenters. The van der Waals surface area contributed by atoms with Crippen LogP contribution in [-0.4, -0.2) is 34.3 Å². The van der Waals surface area contributed by atoms with Gasteiger partial charge >= 0.3 is 0 Å². The minimum absolute atomic E-state index is 0.310. The average Bonchev–Trinajstić information content (AvgIpc) is 3.13. The third-order valence-corrected chi connectivity index (χ3v) is 4.21. The van der Waals surface area contributed by atoms with Gasteiger partial charge in [0.1, 0.15) is 37.4 Å². The molecular formula is C17H13BrCl2N4O2. The maximum atomic E-state index is 6.26. The molecule has 26 heavy (non-hydrogen) atoms. The van der Waals surface area contributed by atoms with Crippen molar-refractivity contribution >= 4 is 45.3 Å². The molecule has 0 aliphatic carbocycles. The summed E-state index contributed by atoms with van der Waals surface area (Å²) in [5.74, 6) is 1.24. The monoisotopic (exact) mass is 454 g/mol. The van der Waals surface area contributed by atoms with E-state index >= 15 is 0 Å². The molecule has 0 saturated carbocycles. The van der Waals surface area contributed by atoms with Gasteiger partial charge in [-0.25, -0.2) is 4.68 Å². The van der Waals surface area contributed by atoms with Crippen LogP contribution in [0.3, 0.4) is 0 Å². The van der Waals surface area contributed by atoms with Crippen LogP contribution in [0.25, 0.3) is 0 Å². The summed E-state index contributed by atoms with van der Waals surface area (Å²) < 4.78 is 13.9. The molecule has 9 heteroatoms. The lowest BCUT2D eigenvalue weighted by Crippen LogP contribution is -2.10. The molecule has 0 bridgehead atoms. The summed E-state index contributed by atoms with van der Waals surface area (Å²) >= 11 is 15.7. The number of hydrogen-bond acceptors (Lipinski definition) is 5. The lowest BCUT2D eigenvalue weighted by atomic mass is 10.2. The normalized spacial score (nSPS) is 11.0. The van der Waals surface area contributed by atoms with Crippen molar-refractivity contribution in [2.75, 3.05) is 13.2 Å². The Balaban J connectivity index is 1.65. The summed E-state index contributed by atoms with van der Waals surface area (Å²) in [5.41, 5.74) is 0.639. The molecule has 0 aliphatic heterocycles. The second-order valence-electron chi connectivity index (χ2n) is 5.04. The zero-order chi connectivity index (χ0) is 18.4. The van der Waals surface area contributed by atoms with E-state index in [1.54, 1.807) is 18.3 Å². The fourth-order valence-corrected chi connectivity index (χ4v) is 2.87. The fraction of sp³-hybridized carbons (Fsp3) is 0.118. The highest BCUT2D eigenvalue weighted by Crippen LogP contribution is 2.31. The first-order chi connectivity index (χ1) is 12.6. The fourth-order valence-electron chi connectivity index (χ4n) is 2.05. The minimum atomic E-state index is 0.310. The number of rotatable bonds is 7. The first-order valence-electron chi connectivity index (χ1n) is 7.51. The summed E-state index contributed by atoms with van der Waals surface area (Å²) in [6.07, 6.45) is 4.51. The van der Waals surface area contributed by atoms with Gasteiger partial charge in [-0.05, 0) is 36.4 Å². The van der Waals surface area contributed by atoms with Gasteiger partial charge in [0.25, 0.3) is 0 Å². The third-order valence-electron chi connectivity index (χ3n) is 3.19. The van der Waals surface area contributed by atoms with Crippen LogP contribution < -0.4 is 9.47 Å². The number of ether oxygens (including phenoxy) is 2. The van der Waals surface area contributed by atoms with Crippen LogP contribution in [0.15, 0.2) is 58.6 Å². The maximum absolute atomic E-state index is 6.26. The van der Waals surface area contributed by atoms with Crippen LogP contribution in [0, 0.1) is 0 Å². The van der Waals surface area contributed by atoms with Crippen molar-refractivity contribution in [3.8, 4) is 11.5 Å². The van der Waals surface area contributed by atoms with Gasteiger partial charge in [0.05, 0.1) is 11.2 Å². The van der Waals surface area contributed by atoms with Gasteiger partial charge in [-0.3, -0.25) is 0 Å². The van der Waals surface area contributed by atoms with E-state index < -0.39 is 0 Å². The first kappa shape index (κ1) is 18.7. The summed E-state index contributed by atoms with van der Waals surface area (Å²) in [4.78, 5) is 0. The van der Waals surface area contributed by atoms with Crippen LogP contribution in [0.5, 0.6) is 11.5 Å². The van der Waals surface area contributed by atoms with Crippen LogP contribution in [0.4, 0.5) is 0 Å². The van der Waals surface area contributed by atoms with E-state index in [4.69, 9.17) is 32.7 Å². The van der Waals surface area contributed by atoms with E-state index in [1.807, 2.05) is 24.3 Å². The number of nitrogens with zero attached hydrogens (tertiary/aromatic N) is 4. The number of halogens is 3. The first-order valence-corrected chi connectivity index (χ1v) is 9.06. The standard InChI is InChI=1S/C17H13BrCl2N4O2/c18-13-1-3-15(4-2-13)25-5-6-26-17-12(7-14(19)8-16(17)20)9-23-24-10-21-22-11-24/h1-4,7-11H,5-6H2. The van der Waals surface area contributed by atoms with Gasteiger partial charge in [0.2, 0.25) is 0 Å². The Bertz CT molecular complexity index is 887. The Morgan fingerprint density at radius 3 is 2.46 bits per heavy atom. The predicted octanol–water partition coefficient (Wildman–Crippen LogP) is 4.69. The van der Waals surface area contributed by atoms with Gasteiger partial charge < -0.3 is 9.47 Å². The van der Waals surface area contributed by atoms with Gasteiger partial charge in [0, 0.05) is 15.1 Å². The quantitative estimate of drug-likeness (QED) is 0.383. The Morgan fingerprint density at radius 2 is 1.73 bits per heavy atom. The summed E-state index contributed by atoms with van der Waals surface area (Å²) in [7, 11) is 0. The lowest BCUT2D eigenvalue weighted by molar-refractivity contribution is 0.217. The summed E-state index contributed by atoms with van der Waals surface area (Å²) in [5, 5.41) is 12.4. The molecule has 0 fully saturated rings. The van der Waals surface area contributed by atoms with E-state index in [0.29, 0.717) is 34.6 Å². The SMILES string of the molecule is Clc1cc(Cl)c(OCCOc2ccc(Br)cc2)c(C=Nn2cnnc2)c1. The van der Waals surface area contributed by atoms with Gasteiger partial charge in [-0.1, -0.05) is 39.1 Å². The molecule has 6 nitrogen and oxygen atoms in total. The highest BCUT2D eigenvalue weighted by Gasteiger charge is 2.10. The van der Waals surface area contributed by atoms with Crippen molar-refractivity contribution in [1.82, 2.24) is 14.9 Å². The molecule has 0 radical (unpaired) electrons. The molecule has 1 aromatic heterocycles. The van der Waals surface area contributed by atoms with Crippen LogP contribution in [0.1, 0.15) is 5.56 Å². The molecule has 0 aliphatic rings. The van der Waals surface area contributed by atoms with Crippen molar-refractivity contribution in [2.45, 2.75) is 0 Å². The molecule has 0 saturated heterocycles. The molecule has 0 N–H and O–H groups in total. The number of hydrogen-bond donors (Lipinski definition) is 0. The van der Waals surface area contributed by atoms with Crippen LogP contribution in [0.2, 0.25) is 10.0 Å². The van der Waals surface area contributed by atoms with Crippen molar-refractivity contribution in [3.63, 3.8) is 0 Å². The molecule has 0 atom stereocenters. The Hall–Kier alpha value is -2.09. The Kier molecular flexibility index (Phi) is 6.49. The smallest absolute Gasteiger partial charge is 0.147 e. The Morgan fingerprint density at radius 1 is 1.04 bits per heavy atom. The summed E-state index contributed by atoms with van der Waals surface area (Å²) in [6, 6.07) is 10.9. The second kappa shape index (κ2) is 9.02. The summed E-state index contributed by atoms with van der Waals surface area (Å²) in [6.45, 7) is 0.674. The predicted molar refractivity (Wildman–Crippen MR) is 105 cm³/mol. The van der Waals surface area contributed by atoms with Crippen molar-refractivity contribution in [2.24, 2.45) is 5.10 Å². The van der Waals surface area contributed by atoms with Crippen molar-refractivity contribution < 1.29 is 9.47 Å². The molecule has 134 valence electrons. The van der Waals surface area contributed by atoms with E-state index in [-0.39, 0.29) is 0 Å². The zero-order valence-corrected chi connectivity index (χ0v) is 16.4. The van der Waals surface area contributed by atoms with Crippen LogP contribution in [-0.2, 0) is 0 Å². The topological polar surface area (TPSA) is 61.5 Å². The molecular weight excluding hydrogens is 443 g/mol.